The molecule has 1 unspecified atom stereocenters. The van der Waals surface area contributed by atoms with E-state index in [1.807, 2.05) is 0 Å². The minimum atomic E-state index is -0.437. The van der Waals surface area contributed by atoms with Crippen LogP contribution in [0, 0.1) is 5.82 Å². The van der Waals surface area contributed by atoms with Crippen LogP contribution in [0.5, 0.6) is 5.75 Å². The van der Waals surface area contributed by atoms with Crippen molar-refractivity contribution in [3.8, 4) is 5.75 Å². The van der Waals surface area contributed by atoms with Gasteiger partial charge in [0.05, 0.1) is 7.11 Å². The Morgan fingerprint density at radius 3 is 2.44 bits per heavy atom. The number of anilines is 4. The Labute approximate surface area is 212 Å². The molecule has 1 saturated carbocycles. The predicted molar refractivity (Wildman–Crippen MR) is 140 cm³/mol. The van der Waals surface area contributed by atoms with Crippen LogP contribution in [-0.2, 0) is 0 Å². The summed E-state index contributed by atoms with van der Waals surface area (Å²) in [5.74, 6) is 1.22. The van der Waals surface area contributed by atoms with Crippen molar-refractivity contribution in [3.05, 3.63) is 24.0 Å². The van der Waals surface area contributed by atoms with Crippen LogP contribution in [0.15, 0.2) is 18.2 Å². The first-order chi connectivity index (χ1) is 16.1. The Morgan fingerprint density at radius 1 is 1.00 bits per heavy atom. The lowest BCUT2D eigenvalue weighted by Crippen LogP contribution is -2.35. The maximum atomic E-state index is 14.2. The predicted octanol–water partition coefficient (Wildman–Crippen LogP) is 5.37. The summed E-state index contributed by atoms with van der Waals surface area (Å²) in [6, 6.07) is 5.56. The molecule has 10 heteroatoms. The van der Waals surface area contributed by atoms with Crippen LogP contribution in [0.3, 0.4) is 0 Å². The van der Waals surface area contributed by atoms with Gasteiger partial charge in [-0.1, -0.05) is 32.6 Å². The van der Waals surface area contributed by atoms with Crippen LogP contribution < -0.4 is 20.7 Å². The second kappa shape index (κ2) is 13.0. The van der Waals surface area contributed by atoms with Gasteiger partial charge in [-0.3, -0.25) is 4.90 Å². The van der Waals surface area contributed by atoms with E-state index in [9.17, 15) is 4.39 Å². The highest BCUT2D eigenvalue weighted by Crippen LogP contribution is 2.25. The van der Waals surface area contributed by atoms with Crippen molar-refractivity contribution in [1.82, 2.24) is 19.9 Å². The first-order valence-electron chi connectivity index (χ1n) is 12.3. The molecule has 0 radical (unpaired) electrons. The Kier molecular flexibility index (Phi) is 10.1. The molecule has 0 bridgehead atoms. The van der Waals surface area contributed by atoms with Crippen LogP contribution in [-0.4, -0.2) is 58.7 Å². The average Bonchev–Trinajstić information content (AvgIpc) is 3.12. The molecule has 4 rings (SSSR count). The van der Waals surface area contributed by atoms with E-state index in [1.165, 1.54) is 51.7 Å². The van der Waals surface area contributed by atoms with Gasteiger partial charge in [-0.05, 0) is 50.9 Å². The SMILES string of the molecule is Br.CCN1CCCC1CNc1nc(Nc2ccc(OC)c(F)c2)nc(NC2CCCCCC2)n1. The van der Waals surface area contributed by atoms with Crippen LogP contribution in [0.25, 0.3) is 0 Å². The number of ether oxygens (including phenoxy) is 1. The number of nitrogens with zero attached hydrogens (tertiary/aromatic N) is 4. The summed E-state index contributed by atoms with van der Waals surface area (Å²) >= 11 is 0. The molecule has 34 heavy (non-hydrogen) atoms. The Morgan fingerprint density at radius 2 is 1.74 bits per heavy atom. The minimum Gasteiger partial charge on any atom is -0.494 e. The number of benzene rings is 1. The van der Waals surface area contributed by atoms with Gasteiger partial charge in [-0.15, -0.1) is 17.0 Å². The number of methoxy groups -OCH3 is 1. The zero-order chi connectivity index (χ0) is 23.0. The van der Waals surface area contributed by atoms with E-state index >= 15 is 0 Å². The largest absolute Gasteiger partial charge is 0.494 e. The number of likely N-dealkylation sites (N-methyl/N-ethyl adjacent to an activating group) is 1. The van der Waals surface area contributed by atoms with Crippen LogP contribution in [0.2, 0.25) is 0 Å². The van der Waals surface area contributed by atoms with Crippen molar-refractivity contribution in [1.29, 1.82) is 0 Å². The van der Waals surface area contributed by atoms with Gasteiger partial charge in [0, 0.05) is 30.4 Å². The topological polar surface area (TPSA) is 87.2 Å². The maximum Gasteiger partial charge on any atom is 0.233 e. The highest BCUT2D eigenvalue weighted by Gasteiger charge is 2.23. The zero-order valence-electron chi connectivity index (χ0n) is 20.1. The number of halogens is 2. The lowest BCUT2D eigenvalue weighted by molar-refractivity contribution is 0.277. The summed E-state index contributed by atoms with van der Waals surface area (Å²) in [5, 5.41) is 10.1. The minimum absolute atomic E-state index is 0. The van der Waals surface area contributed by atoms with E-state index in [0.717, 1.165) is 32.5 Å². The molecule has 1 aliphatic heterocycles. The van der Waals surface area contributed by atoms with Crippen LogP contribution >= 0.6 is 17.0 Å². The molecule has 1 atom stereocenters. The first-order valence-corrected chi connectivity index (χ1v) is 12.3. The molecular weight excluding hydrogens is 501 g/mol. The number of hydrogen-bond acceptors (Lipinski definition) is 8. The summed E-state index contributed by atoms with van der Waals surface area (Å²) in [7, 11) is 1.45. The van der Waals surface area contributed by atoms with Gasteiger partial charge in [0.2, 0.25) is 17.8 Å². The number of hydrogen-bond donors (Lipinski definition) is 3. The van der Waals surface area contributed by atoms with E-state index < -0.39 is 5.82 Å². The molecular formula is C24H37BrFN7O. The standard InChI is InChI=1S/C24H36FN7O.BrH/c1-3-32-14-8-11-19(32)16-26-22-29-23(27-17-9-6-4-5-7-10-17)31-24(30-22)28-18-12-13-21(33-2)20(25)15-18;/h12-13,15,17,19H,3-11,14,16H2,1-2H3,(H3,26,27,28,29,30,31);1H. The van der Waals surface area contributed by atoms with E-state index in [1.54, 1.807) is 12.1 Å². The fourth-order valence-electron chi connectivity index (χ4n) is 4.81. The van der Waals surface area contributed by atoms with Crippen molar-refractivity contribution in [2.45, 2.75) is 70.4 Å². The van der Waals surface area contributed by atoms with E-state index in [4.69, 9.17) is 4.74 Å². The summed E-state index contributed by atoms with van der Waals surface area (Å²) in [6.45, 7) is 5.18. The number of likely N-dealkylation sites (tertiary alicyclic amines) is 1. The first kappa shape index (κ1) is 26.4. The van der Waals surface area contributed by atoms with E-state index in [-0.39, 0.29) is 22.7 Å². The van der Waals surface area contributed by atoms with Gasteiger partial charge in [-0.2, -0.15) is 15.0 Å². The van der Waals surface area contributed by atoms with Gasteiger partial charge < -0.3 is 20.7 Å². The summed E-state index contributed by atoms with van der Waals surface area (Å²) in [5.41, 5.74) is 0.554. The average molecular weight is 539 g/mol. The molecule has 1 aromatic carbocycles. The highest BCUT2D eigenvalue weighted by molar-refractivity contribution is 8.93. The van der Waals surface area contributed by atoms with Crippen molar-refractivity contribution >= 4 is 40.5 Å². The lowest BCUT2D eigenvalue weighted by atomic mass is 10.1. The molecule has 2 heterocycles. The second-order valence-electron chi connectivity index (χ2n) is 8.92. The molecule has 1 aromatic heterocycles. The molecule has 0 amide bonds. The van der Waals surface area contributed by atoms with Gasteiger partial charge in [0.25, 0.3) is 0 Å². The monoisotopic (exact) mass is 537 g/mol. The van der Waals surface area contributed by atoms with Crippen LogP contribution in [0.1, 0.15) is 58.3 Å². The maximum absolute atomic E-state index is 14.2. The van der Waals surface area contributed by atoms with Crippen LogP contribution in [0.4, 0.5) is 27.9 Å². The van der Waals surface area contributed by atoms with Gasteiger partial charge in [0.1, 0.15) is 0 Å². The van der Waals surface area contributed by atoms with Crippen molar-refractivity contribution < 1.29 is 9.13 Å². The molecule has 3 N–H and O–H groups in total. The van der Waals surface area contributed by atoms with Crippen molar-refractivity contribution in [3.63, 3.8) is 0 Å². The fraction of sp³-hybridized carbons (Fsp3) is 0.625. The van der Waals surface area contributed by atoms with Gasteiger partial charge >= 0.3 is 0 Å². The number of nitrogens with one attached hydrogen (secondary N) is 3. The molecule has 2 aliphatic rings. The normalized spacial score (nSPS) is 19.2. The van der Waals surface area contributed by atoms with Crippen molar-refractivity contribution in [2.75, 3.05) is 42.7 Å². The summed E-state index contributed by atoms with van der Waals surface area (Å²) in [6.07, 6.45) is 9.65. The molecule has 1 saturated heterocycles. The Bertz CT molecular complexity index is 911. The quantitative estimate of drug-likeness (QED) is 0.368. The molecule has 2 fully saturated rings. The molecule has 8 nitrogen and oxygen atoms in total. The second-order valence-corrected chi connectivity index (χ2v) is 8.92. The number of aromatic nitrogens is 3. The molecule has 188 valence electrons. The smallest absolute Gasteiger partial charge is 0.233 e. The lowest BCUT2D eigenvalue weighted by Gasteiger charge is -2.23. The molecule has 1 aliphatic carbocycles. The Balaban J connectivity index is 0.00000324. The van der Waals surface area contributed by atoms with Gasteiger partial charge in [0.15, 0.2) is 11.6 Å². The van der Waals surface area contributed by atoms with E-state index in [0.29, 0.717) is 35.6 Å². The third kappa shape index (κ3) is 7.15. The van der Waals surface area contributed by atoms with Crippen molar-refractivity contribution in [2.24, 2.45) is 0 Å². The molecule has 2 aromatic rings. The fourth-order valence-corrected chi connectivity index (χ4v) is 4.81. The third-order valence-electron chi connectivity index (χ3n) is 6.63. The zero-order valence-corrected chi connectivity index (χ0v) is 21.9. The highest BCUT2D eigenvalue weighted by atomic mass is 79.9. The third-order valence-corrected chi connectivity index (χ3v) is 6.63. The summed E-state index contributed by atoms with van der Waals surface area (Å²) in [4.78, 5) is 16.3. The Hall–Kier alpha value is -2.20. The molecule has 0 spiro atoms. The number of rotatable bonds is 9. The van der Waals surface area contributed by atoms with E-state index in [2.05, 4.69) is 42.7 Å². The van der Waals surface area contributed by atoms with Gasteiger partial charge in [-0.25, -0.2) is 4.39 Å². The summed E-state index contributed by atoms with van der Waals surface area (Å²) < 4.78 is 19.2.